The molecule has 4 heteroatoms. The fraction of sp³-hybridized carbons (Fsp3) is 0.933. The Kier molecular flexibility index (Phi) is 3.56. The molecule has 0 aliphatic carbocycles. The zero-order chi connectivity index (χ0) is 13.5. The summed E-state index contributed by atoms with van der Waals surface area (Å²) in [5.74, 6) is 0.418. The number of nitrogens with zero attached hydrogens (tertiary/aromatic N) is 2. The first-order chi connectivity index (χ1) is 9.16. The van der Waals surface area contributed by atoms with Gasteiger partial charge in [0.1, 0.15) is 0 Å². The first kappa shape index (κ1) is 13.4. The quantitative estimate of drug-likeness (QED) is 0.811. The molecule has 1 amide bonds. The first-order valence-electron chi connectivity index (χ1n) is 7.88. The Morgan fingerprint density at radius 1 is 1.32 bits per heavy atom. The second-order valence-corrected chi connectivity index (χ2v) is 6.65. The molecular formula is C15H27N3O. The molecule has 0 aromatic heterocycles. The van der Waals surface area contributed by atoms with Crippen molar-refractivity contribution in [1.29, 1.82) is 0 Å². The molecule has 108 valence electrons. The van der Waals surface area contributed by atoms with Crippen LogP contribution in [0.25, 0.3) is 0 Å². The number of hydrogen-bond donors (Lipinski definition) is 1. The Labute approximate surface area is 116 Å². The minimum absolute atomic E-state index is 0.109. The molecule has 1 N–H and O–H groups in total. The third-order valence-electron chi connectivity index (χ3n) is 5.81. The maximum Gasteiger partial charge on any atom is 0.230 e. The summed E-state index contributed by atoms with van der Waals surface area (Å²) in [4.78, 5) is 17.6. The lowest BCUT2D eigenvalue weighted by atomic mass is 9.82. The molecule has 0 aromatic rings. The van der Waals surface area contributed by atoms with Gasteiger partial charge in [0.15, 0.2) is 0 Å². The van der Waals surface area contributed by atoms with E-state index in [1.165, 1.54) is 12.8 Å². The molecule has 4 nitrogen and oxygen atoms in total. The van der Waals surface area contributed by atoms with Crippen molar-refractivity contribution >= 4 is 5.91 Å². The SMILES string of the molecule is CCC1(C(=O)N2CCC3CCC(C2)N3C)CCNC1. The van der Waals surface area contributed by atoms with Crippen LogP contribution in [0.4, 0.5) is 0 Å². The van der Waals surface area contributed by atoms with Gasteiger partial charge in [0.25, 0.3) is 0 Å². The van der Waals surface area contributed by atoms with E-state index < -0.39 is 0 Å². The van der Waals surface area contributed by atoms with Gasteiger partial charge in [-0.1, -0.05) is 6.92 Å². The van der Waals surface area contributed by atoms with Crippen LogP contribution < -0.4 is 5.32 Å². The van der Waals surface area contributed by atoms with Crippen LogP contribution in [0.2, 0.25) is 0 Å². The highest BCUT2D eigenvalue weighted by atomic mass is 16.2. The summed E-state index contributed by atoms with van der Waals surface area (Å²) in [5, 5.41) is 3.38. The summed E-state index contributed by atoms with van der Waals surface area (Å²) in [6.07, 6.45) is 5.74. The van der Waals surface area contributed by atoms with E-state index >= 15 is 0 Å². The monoisotopic (exact) mass is 265 g/mol. The van der Waals surface area contributed by atoms with Crippen LogP contribution in [-0.2, 0) is 4.79 Å². The molecule has 0 spiro atoms. The molecule has 3 saturated heterocycles. The summed E-state index contributed by atoms with van der Waals surface area (Å²) >= 11 is 0. The summed E-state index contributed by atoms with van der Waals surface area (Å²) in [6.45, 7) is 5.96. The number of likely N-dealkylation sites (N-methyl/N-ethyl adjacent to an activating group) is 1. The Hall–Kier alpha value is -0.610. The number of hydrogen-bond acceptors (Lipinski definition) is 3. The fourth-order valence-electron chi connectivity index (χ4n) is 4.21. The van der Waals surface area contributed by atoms with Crippen molar-refractivity contribution in [3.8, 4) is 0 Å². The number of fused-ring (bicyclic) bond motifs is 2. The molecule has 3 unspecified atom stereocenters. The van der Waals surface area contributed by atoms with E-state index in [-0.39, 0.29) is 5.41 Å². The number of rotatable bonds is 2. The second-order valence-electron chi connectivity index (χ2n) is 6.65. The molecule has 3 aliphatic rings. The third-order valence-corrected chi connectivity index (χ3v) is 5.81. The third kappa shape index (κ3) is 2.19. The number of likely N-dealkylation sites (tertiary alicyclic amines) is 1. The molecule has 3 aliphatic heterocycles. The van der Waals surface area contributed by atoms with Crippen molar-refractivity contribution in [3.05, 3.63) is 0 Å². The first-order valence-corrected chi connectivity index (χ1v) is 7.88. The summed E-state index contributed by atoms with van der Waals surface area (Å²) in [6, 6.07) is 1.31. The van der Waals surface area contributed by atoms with Crippen molar-refractivity contribution in [1.82, 2.24) is 15.1 Å². The minimum Gasteiger partial charge on any atom is -0.341 e. The molecule has 3 fully saturated rings. The van der Waals surface area contributed by atoms with Gasteiger partial charge >= 0.3 is 0 Å². The maximum atomic E-state index is 13.0. The molecule has 19 heavy (non-hydrogen) atoms. The van der Waals surface area contributed by atoms with Crippen LogP contribution in [0.15, 0.2) is 0 Å². The molecule has 2 bridgehead atoms. The summed E-state index contributed by atoms with van der Waals surface area (Å²) in [5.41, 5.74) is -0.109. The Bertz CT molecular complexity index is 351. The molecule has 0 saturated carbocycles. The lowest BCUT2D eigenvalue weighted by Gasteiger charge is -2.34. The highest BCUT2D eigenvalue weighted by Crippen LogP contribution is 2.35. The molecule has 3 rings (SSSR count). The predicted molar refractivity (Wildman–Crippen MR) is 76.0 cm³/mol. The lowest BCUT2D eigenvalue weighted by Crippen LogP contribution is -2.48. The van der Waals surface area contributed by atoms with E-state index in [0.717, 1.165) is 45.4 Å². The topological polar surface area (TPSA) is 35.6 Å². The summed E-state index contributed by atoms with van der Waals surface area (Å²) in [7, 11) is 2.24. The van der Waals surface area contributed by atoms with Crippen molar-refractivity contribution < 1.29 is 4.79 Å². The van der Waals surface area contributed by atoms with Crippen LogP contribution in [0, 0.1) is 5.41 Å². The van der Waals surface area contributed by atoms with E-state index in [0.29, 0.717) is 18.0 Å². The van der Waals surface area contributed by atoms with Crippen molar-refractivity contribution in [2.45, 2.75) is 51.1 Å². The standard InChI is InChI=1S/C15H27N3O/c1-3-15(7-8-16-11-15)14(19)18-9-6-12-4-5-13(10-18)17(12)2/h12-13,16H,3-11H2,1-2H3. The number of nitrogens with one attached hydrogen (secondary N) is 1. The largest absolute Gasteiger partial charge is 0.341 e. The second kappa shape index (κ2) is 5.06. The predicted octanol–water partition coefficient (Wildman–Crippen LogP) is 1.07. The van der Waals surface area contributed by atoms with Crippen LogP contribution in [0.5, 0.6) is 0 Å². The maximum absolute atomic E-state index is 13.0. The normalized spacial score (nSPS) is 39.6. The Morgan fingerprint density at radius 3 is 2.79 bits per heavy atom. The zero-order valence-corrected chi connectivity index (χ0v) is 12.3. The van der Waals surface area contributed by atoms with Gasteiger partial charge in [-0.25, -0.2) is 0 Å². The van der Waals surface area contributed by atoms with Gasteiger partial charge in [-0.15, -0.1) is 0 Å². The highest BCUT2D eigenvalue weighted by molar-refractivity contribution is 5.83. The van der Waals surface area contributed by atoms with Gasteiger partial charge in [0.2, 0.25) is 5.91 Å². The van der Waals surface area contributed by atoms with E-state index in [9.17, 15) is 4.79 Å². The van der Waals surface area contributed by atoms with Crippen molar-refractivity contribution in [2.24, 2.45) is 5.41 Å². The minimum atomic E-state index is -0.109. The average Bonchev–Trinajstić information content (AvgIpc) is 2.96. The highest BCUT2D eigenvalue weighted by Gasteiger charge is 2.44. The van der Waals surface area contributed by atoms with E-state index in [4.69, 9.17) is 0 Å². The number of amides is 1. The molecule has 0 aromatic carbocycles. The Balaban J connectivity index is 1.73. The molecule has 0 radical (unpaired) electrons. The van der Waals surface area contributed by atoms with Crippen molar-refractivity contribution in [3.63, 3.8) is 0 Å². The summed E-state index contributed by atoms with van der Waals surface area (Å²) < 4.78 is 0. The Morgan fingerprint density at radius 2 is 2.11 bits per heavy atom. The zero-order valence-electron chi connectivity index (χ0n) is 12.3. The molecular weight excluding hydrogens is 238 g/mol. The van der Waals surface area contributed by atoms with Gasteiger partial charge < -0.3 is 10.2 Å². The van der Waals surface area contributed by atoms with Gasteiger partial charge in [-0.2, -0.15) is 0 Å². The lowest BCUT2D eigenvalue weighted by molar-refractivity contribution is -0.141. The average molecular weight is 265 g/mol. The van der Waals surface area contributed by atoms with E-state index in [1.54, 1.807) is 0 Å². The van der Waals surface area contributed by atoms with Gasteiger partial charge in [-0.3, -0.25) is 9.69 Å². The number of carbonyl (C=O) groups is 1. The smallest absolute Gasteiger partial charge is 0.230 e. The van der Waals surface area contributed by atoms with Crippen LogP contribution in [-0.4, -0.2) is 61.0 Å². The van der Waals surface area contributed by atoms with Gasteiger partial charge in [0, 0.05) is 31.7 Å². The van der Waals surface area contributed by atoms with E-state index in [1.807, 2.05) is 0 Å². The van der Waals surface area contributed by atoms with Crippen LogP contribution in [0.3, 0.4) is 0 Å². The number of carbonyl (C=O) groups excluding carboxylic acids is 1. The van der Waals surface area contributed by atoms with Crippen molar-refractivity contribution in [2.75, 3.05) is 33.2 Å². The van der Waals surface area contributed by atoms with Gasteiger partial charge in [-0.05, 0) is 45.7 Å². The van der Waals surface area contributed by atoms with Crippen LogP contribution >= 0.6 is 0 Å². The molecule has 3 atom stereocenters. The van der Waals surface area contributed by atoms with E-state index in [2.05, 4.69) is 29.1 Å². The fourth-order valence-corrected chi connectivity index (χ4v) is 4.21. The molecule has 3 heterocycles. The van der Waals surface area contributed by atoms with Gasteiger partial charge in [0.05, 0.1) is 5.41 Å². The van der Waals surface area contributed by atoms with Crippen LogP contribution in [0.1, 0.15) is 39.0 Å².